The zero-order valence-electron chi connectivity index (χ0n) is 15.8. The van der Waals surface area contributed by atoms with Crippen LogP contribution in [0.2, 0.25) is 0 Å². The van der Waals surface area contributed by atoms with Gasteiger partial charge in [-0.05, 0) is 33.8 Å². The van der Waals surface area contributed by atoms with Crippen molar-refractivity contribution >= 4 is 22.6 Å². The summed E-state index contributed by atoms with van der Waals surface area (Å²) in [7, 11) is -3.06. The molecule has 0 bridgehead atoms. The standard InChI is InChI=1S/C16H25BN2O6S/c1-15(2)16(3,4)25-17(24-15)12-10-13(14(22-5)18-11-12)26(20,21)19-6-8-23-9-7-19/h10-11H,6-9H2,1-5H3. The van der Waals surface area contributed by atoms with Crippen molar-refractivity contribution in [2.75, 3.05) is 33.4 Å². The lowest BCUT2D eigenvalue weighted by atomic mass is 9.80. The Balaban J connectivity index is 1.98. The molecule has 0 unspecified atom stereocenters. The van der Waals surface area contributed by atoms with Crippen molar-refractivity contribution in [2.45, 2.75) is 43.8 Å². The molecular formula is C16H25BN2O6S. The van der Waals surface area contributed by atoms with E-state index in [1.165, 1.54) is 23.7 Å². The van der Waals surface area contributed by atoms with E-state index in [9.17, 15) is 8.42 Å². The van der Waals surface area contributed by atoms with E-state index in [0.29, 0.717) is 31.8 Å². The Kier molecular flexibility index (Phi) is 5.08. The smallest absolute Gasteiger partial charge is 0.480 e. The number of morpholine rings is 1. The number of hydrogen-bond acceptors (Lipinski definition) is 7. The van der Waals surface area contributed by atoms with Gasteiger partial charge in [0.1, 0.15) is 4.90 Å². The molecular weight excluding hydrogens is 359 g/mol. The zero-order chi connectivity index (χ0) is 19.2. The highest BCUT2D eigenvalue weighted by atomic mass is 32.2. The van der Waals surface area contributed by atoms with Crippen LogP contribution < -0.4 is 10.2 Å². The van der Waals surface area contributed by atoms with Crippen molar-refractivity contribution in [1.82, 2.24) is 9.29 Å². The number of sulfonamides is 1. The Morgan fingerprint density at radius 1 is 1.15 bits per heavy atom. The molecule has 3 heterocycles. The molecule has 144 valence electrons. The summed E-state index contributed by atoms with van der Waals surface area (Å²) in [4.78, 5) is 4.19. The van der Waals surface area contributed by atoms with Crippen molar-refractivity contribution in [3.05, 3.63) is 12.3 Å². The minimum absolute atomic E-state index is 0.00844. The third kappa shape index (κ3) is 3.36. The van der Waals surface area contributed by atoms with Crippen LogP contribution in [0.15, 0.2) is 17.2 Å². The van der Waals surface area contributed by atoms with Crippen molar-refractivity contribution in [3.63, 3.8) is 0 Å². The van der Waals surface area contributed by atoms with Gasteiger partial charge in [-0.15, -0.1) is 0 Å². The highest BCUT2D eigenvalue weighted by Gasteiger charge is 2.52. The van der Waals surface area contributed by atoms with E-state index < -0.39 is 28.3 Å². The van der Waals surface area contributed by atoms with Gasteiger partial charge < -0.3 is 18.8 Å². The minimum atomic E-state index is -3.76. The zero-order valence-corrected chi connectivity index (χ0v) is 16.6. The summed E-state index contributed by atoms with van der Waals surface area (Å²) in [6.45, 7) is 9.09. The molecule has 1 aromatic rings. The molecule has 10 heteroatoms. The highest BCUT2D eigenvalue weighted by molar-refractivity contribution is 7.89. The number of hydrogen-bond donors (Lipinski definition) is 0. The minimum Gasteiger partial charge on any atom is -0.480 e. The van der Waals surface area contributed by atoms with E-state index >= 15 is 0 Å². The van der Waals surface area contributed by atoms with E-state index in [2.05, 4.69) is 4.98 Å². The molecule has 8 nitrogen and oxygen atoms in total. The first-order chi connectivity index (χ1) is 12.1. The molecule has 1 aromatic heterocycles. The Hall–Kier alpha value is -1.20. The third-order valence-electron chi connectivity index (χ3n) is 5.15. The quantitative estimate of drug-likeness (QED) is 0.695. The molecule has 0 N–H and O–H groups in total. The van der Waals surface area contributed by atoms with Crippen LogP contribution in [0.1, 0.15) is 27.7 Å². The molecule has 0 saturated carbocycles. The van der Waals surface area contributed by atoms with E-state index in [1.807, 2.05) is 27.7 Å². The SMILES string of the molecule is COc1ncc(B2OC(C)(C)C(C)(C)O2)cc1S(=O)(=O)N1CCOCC1. The molecule has 3 rings (SSSR count). The predicted octanol–water partition coefficient (Wildman–Crippen LogP) is 0.410. The summed E-state index contributed by atoms with van der Waals surface area (Å²) in [6, 6.07) is 1.53. The second kappa shape index (κ2) is 6.76. The van der Waals surface area contributed by atoms with Crippen LogP contribution in [-0.4, -0.2) is 69.4 Å². The number of pyridine rings is 1. The summed E-state index contributed by atoms with van der Waals surface area (Å²) in [5.74, 6) is 0.0526. The molecule has 0 aliphatic carbocycles. The van der Waals surface area contributed by atoms with Crippen molar-refractivity contribution in [3.8, 4) is 5.88 Å². The molecule has 0 amide bonds. The Labute approximate surface area is 155 Å². The Bertz CT molecular complexity index is 761. The van der Waals surface area contributed by atoms with Crippen molar-refractivity contribution in [1.29, 1.82) is 0 Å². The van der Waals surface area contributed by atoms with Gasteiger partial charge in [0.25, 0.3) is 0 Å². The maximum Gasteiger partial charge on any atom is 0.496 e. The van der Waals surface area contributed by atoms with Gasteiger partial charge in [0.2, 0.25) is 15.9 Å². The Morgan fingerprint density at radius 2 is 1.73 bits per heavy atom. The van der Waals surface area contributed by atoms with Gasteiger partial charge in [-0.2, -0.15) is 4.31 Å². The van der Waals surface area contributed by atoms with Gasteiger partial charge >= 0.3 is 7.12 Å². The van der Waals surface area contributed by atoms with Gasteiger partial charge in [0, 0.05) is 24.7 Å². The summed E-state index contributed by atoms with van der Waals surface area (Å²) in [5.41, 5.74) is -0.516. The van der Waals surface area contributed by atoms with Gasteiger partial charge in [0.05, 0.1) is 31.5 Å². The summed E-state index contributed by atoms with van der Waals surface area (Å²) in [6.07, 6.45) is 1.53. The number of methoxy groups -OCH3 is 1. The van der Waals surface area contributed by atoms with Gasteiger partial charge in [-0.3, -0.25) is 0 Å². The average Bonchev–Trinajstić information content (AvgIpc) is 2.83. The van der Waals surface area contributed by atoms with E-state index in [-0.39, 0.29) is 10.8 Å². The van der Waals surface area contributed by atoms with Gasteiger partial charge in [0.15, 0.2) is 0 Å². The fraction of sp³-hybridized carbons (Fsp3) is 0.688. The maximum absolute atomic E-state index is 13.1. The predicted molar refractivity (Wildman–Crippen MR) is 96.1 cm³/mol. The molecule has 2 fully saturated rings. The monoisotopic (exact) mass is 384 g/mol. The molecule has 0 atom stereocenters. The first-order valence-corrected chi connectivity index (χ1v) is 10.00. The second-order valence-corrected chi connectivity index (χ2v) is 9.29. The van der Waals surface area contributed by atoms with E-state index in [0.717, 1.165) is 0 Å². The molecule has 0 aromatic carbocycles. The fourth-order valence-electron chi connectivity index (χ4n) is 2.82. The largest absolute Gasteiger partial charge is 0.496 e. The van der Waals surface area contributed by atoms with Gasteiger partial charge in [-0.1, -0.05) is 0 Å². The van der Waals surface area contributed by atoms with Crippen molar-refractivity contribution in [2.24, 2.45) is 0 Å². The topological polar surface area (TPSA) is 87.2 Å². The van der Waals surface area contributed by atoms with Crippen LogP contribution in [0.3, 0.4) is 0 Å². The van der Waals surface area contributed by atoms with E-state index in [1.54, 1.807) is 0 Å². The van der Waals surface area contributed by atoms with Gasteiger partial charge in [-0.25, -0.2) is 13.4 Å². The Morgan fingerprint density at radius 3 is 2.27 bits per heavy atom. The van der Waals surface area contributed by atoms with Crippen LogP contribution in [0.5, 0.6) is 5.88 Å². The number of aromatic nitrogens is 1. The molecule has 2 aliphatic rings. The average molecular weight is 384 g/mol. The first kappa shape index (κ1) is 19.6. The third-order valence-corrected chi connectivity index (χ3v) is 7.04. The number of nitrogens with zero attached hydrogens (tertiary/aromatic N) is 2. The second-order valence-electron chi connectivity index (χ2n) is 7.38. The van der Waals surface area contributed by atoms with Crippen LogP contribution in [0, 0.1) is 0 Å². The van der Waals surface area contributed by atoms with Crippen LogP contribution >= 0.6 is 0 Å². The maximum atomic E-state index is 13.1. The summed E-state index contributed by atoms with van der Waals surface area (Å²) < 4.78 is 49.9. The first-order valence-electron chi connectivity index (χ1n) is 8.56. The van der Waals surface area contributed by atoms with Crippen molar-refractivity contribution < 1.29 is 27.2 Å². The normalized spacial score (nSPS) is 23.2. The lowest BCUT2D eigenvalue weighted by Gasteiger charge is -2.32. The number of rotatable bonds is 4. The molecule has 2 aliphatic heterocycles. The molecule has 0 radical (unpaired) electrons. The summed E-state index contributed by atoms with van der Waals surface area (Å²) >= 11 is 0. The highest BCUT2D eigenvalue weighted by Crippen LogP contribution is 2.36. The van der Waals surface area contributed by atoms with E-state index in [4.69, 9.17) is 18.8 Å². The fourth-order valence-corrected chi connectivity index (χ4v) is 4.37. The van der Waals surface area contributed by atoms with Crippen LogP contribution in [0.4, 0.5) is 0 Å². The number of ether oxygens (including phenoxy) is 2. The van der Waals surface area contributed by atoms with Crippen LogP contribution in [0.25, 0.3) is 0 Å². The lowest BCUT2D eigenvalue weighted by molar-refractivity contribution is 0.00578. The van der Waals surface area contributed by atoms with Crippen LogP contribution in [-0.2, 0) is 24.1 Å². The molecule has 26 heavy (non-hydrogen) atoms. The lowest BCUT2D eigenvalue weighted by Crippen LogP contribution is -2.41. The summed E-state index contributed by atoms with van der Waals surface area (Å²) in [5, 5.41) is 0. The molecule has 2 saturated heterocycles. The molecule has 0 spiro atoms.